The standard InChI is InChI=1S/C27H27N3O6/c1-4-27(35)17-8-20-24-15(9-30(20)25(33)16(17)11-36-26(27)34)23-18(28-21(32)10-31)6-5-14-13(3)12(2)7-19(29-24)22(14)23/h7-8,18,31,35H,4-6,9-11H2,1-3H3,(H,28,32)/t18-,27-/m0/s1. The van der Waals surface area contributed by atoms with Gasteiger partial charge in [-0.25, -0.2) is 9.78 Å². The third-order valence-electron chi connectivity index (χ3n) is 8.18. The van der Waals surface area contributed by atoms with Crippen molar-refractivity contribution in [2.45, 2.75) is 64.8 Å². The molecular weight excluding hydrogens is 462 g/mol. The monoisotopic (exact) mass is 489 g/mol. The Morgan fingerprint density at radius 2 is 2.03 bits per heavy atom. The maximum Gasteiger partial charge on any atom is 0.343 e. The maximum absolute atomic E-state index is 13.6. The van der Waals surface area contributed by atoms with Gasteiger partial charge in [0.15, 0.2) is 5.60 Å². The molecule has 9 heteroatoms. The minimum absolute atomic E-state index is 0.0715. The molecule has 2 atom stereocenters. The van der Waals surface area contributed by atoms with E-state index in [4.69, 9.17) is 9.72 Å². The number of cyclic esters (lactones) is 1. The van der Waals surface area contributed by atoms with Gasteiger partial charge in [-0.05, 0) is 67.5 Å². The highest BCUT2D eigenvalue weighted by molar-refractivity contribution is 5.94. The molecule has 0 bridgehead atoms. The third kappa shape index (κ3) is 2.90. The van der Waals surface area contributed by atoms with Crippen molar-refractivity contribution in [3.05, 3.63) is 61.4 Å². The Bertz CT molecular complexity index is 1570. The molecule has 186 valence electrons. The van der Waals surface area contributed by atoms with Crippen LogP contribution in [-0.4, -0.2) is 38.2 Å². The number of pyridine rings is 2. The minimum atomic E-state index is -1.89. The Kier molecular flexibility index (Phi) is 4.90. The van der Waals surface area contributed by atoms with Crippen molar-refractivity contribution in [1.29, 1.82) is 0 Å². The second kappa shape index (κ2) is 7.72. The number of carbonyl (C=O) groups excluding carboxylic acids is 2. The molecule has 0 fully saturated rings. The summed E-state index contributed by atoms with van der Waals surface area (Å²) in [6.07, 6.45) is 1.49. The van der Waals surface area contributed by atoms with Crippen molar-refractivity contribution in [2.24, 2.45) is 0 Å². The van der Waals surface area contributed by atoms with Gasteiger partial charge in [0, 0.05) is 16.5 Å². The van der Waals surface area contributed by atoms with E-state index >= 15 is 0 Å². The van der Waals surface area contributed by atoms with Crippen molar-refractivity contribution < 1.29 is 24.5 Å². The molecule has 2 aromatic heterocycles. The summed E-state index contributed by atoms with van der Waals surface area (Å²) in [7, 11) is 0. The second-order valence-electron chi connectivity index (χ2n) is 9.96. The first kappa shape index (κ1) is 22.9. The topological polar surface area (TPSA) is 131 Å². The van der Waals surface area contributed by atoms with Crippen LogP contribution in [0.25, 0.3) is 22.3 Å². The molecule has 0 unspecified atom stereocenters. The van der Waals surface area contributed by atoms with Crippen LogP contribution in [0, 0.1) is 13.8 Å². The minimum Gasteiger partial charge on any atom is -0.458 e. The smallest absolute Gasteiger partial charge is 0.343 e. The normalized spacial score (nSPS) is 21.6. The van der Waals surface area contributed by atoms with E-state index in [1.165, 1.54) is 11.1 Å². The van der Waals surface area contributed by atoms with Crippen LogP contribution in [-0.2, 0) is 39.5 Å². The quantitative estimate of drug-likeness (QED) is 0.374. The Morgan fingerprint density at radius 3 is 2.75 bits per heavy atom. The molecule has 36 heavy (non-hydrogen) atoms. The molecule has 3 aliphatic rings. The molecule has 6 rings (SSSR count). The fourth-order valence-corrected chi connectivity index (χ4v) is 6.12. The number of amides is 1. The lowest BCUT2D eigenvalue weighted by Crippen LogP contribution is -2.44. The number of hydrogen-bond donors (Lipinski definition) is 3. The van der Waals surface area contributed by atoms with Gasteiger partial charge in [-0.15, -0.1) is 0 Å². The van der Waals surface area contributed by atoms with E-state index in [1.54, 1.807) is 17.6 Å². The van der Waals surface area contributed by atoms with E-state index in [2.05, 4.69) is 12.2 Å². The Balaban J connectivity index is 1.66. The molecule has 3 N–H and O–H groups in total. The first-order valence-corrected chi connectivity index (χ1v) is 12.2. The summed E-state index contributed by atoms with van der Waals surface area (Å²) >= 11 is 0. The molecule has 1 aliphatic carbocycles. The number of aliphatic hydroxyl groups excluding tert-OH is 1. The lowest BCUT2D eigenvalue weighted by atomic mass is 9.80. The zero-order valence-corrected chi connectivity index (χ0v) is 20.4. The van der Waals surface area contributed by atoms with Crippen LogP contribution < -0.4 is 10.9 Å². The number of rotatable bonds is 3. The van der Waals surface area contributed by atoms with E-state index < -0.39 is 24.1 Å². The van der Waals surface area contributed by atoms with Crippen LogP contribution in [0.3, 0.4) is 0 Å². The number of esters is 1. The number of ether oxygens (including phenoxy) is 1. The van der Waals surface area contributed by atoms with Crippen LogP contribution in [0.4, 0.5) is 0 Å². The third-order valence-corrected chi connectivity index (χ3v) is 8.18. The number of carbonyl (C=O) groups is 2. The van der Waals surface area contributed by atoms with Crippen molar-refractivity contribution in [1.82, 2.24) is 14.9 Å². The van der Waals surface area contributed by atoms with Crippen LogP contribution in [0.1, 0.15) is 64.8 Å². The molecule has 9 nitrogen and oxygen atoms in total. The molecule has 1 amide bonds. The lowest BCUT2D eigenvalue weighted by Gasteiger charge is -2.31. The van der Waals surface area contributed by atoms with Crippen molar-refractivity contribution in [3.63, 3.8) is 0 Å². The first-order valence-electron chi connectivity index (χ1n) is 12.2. The molecular formula is C27H27N3O6. The Hall–Kier alpha value is -3.56. The number of fused-ring (bicyclic) bond motifs is 5. The van der Waals surface area contributed by atoms with E-state index in [1.807, 2.05) is 13.0 Å². The summed E-state index contributed by atoms with van der Waals surface area (Å²) in [5.41, 5.74) is 5.47. The molecule has 1 aromatic carbocycles. The van der Waals surface area contributed by atoms with Gasteiger partial charge in [0.1, 0.15) is 13.2 Å². The number of nitrogens with zero attached hydrogens (tertiary/aromatic N) is 2. The summed E-state index contributed by atoms with van der Waals surface area (Å²) in [5, 5.41) is 24.5. The molecule has 4 heterocycles. The predicted molar refractivity (Wildman–Crippen MR) is 130 cm³/mol. The van der Waals surface area contributed by atoms with Crippen molar-refractivity contribution in [2.75, 3.05) is 6.61 Å². The second-order valence-corrected chi connectivity index (χ2v) is 9.96. The van der Waals surface area contributed by atoms with Crippen LogP contribution in [0.15, 0.2) is 16.9 Å². The summed E-state index contributed by atoms with van der Waals surface area (Å²) in [4.78, 5) is 43.3. The highest BCUT2D eigenvalue weighted by atomic mass is 16.6. The summed E-state index contributed by atoms with van der Waals surface area (Å²) in [6, 6.07) is 3.38. The fraction of sp³-hybridized carbons (Fsp3) is 0.407. The van der Waals surface area contributed by atoms with Crippen LogP contribution in [0.5, 0.6) is 0 Å². The summed E-state index contributed by atoms with van der Waals surface area (Å²) in [6.45, 7) is 5.26. The van der Waals surface area contributed by atoms with Gasteiger partial charge in [0.2, 0.25) is 5.91 Å². The van der Waals surface area contributed by atoms with Crippen molar-refractivity contribution >= 4 is 22.8 Å². The van der Waals surface area contributed by atoms with Gasteiger partial charge in [-0.2, -0.15) is 0 Å². The van der Waals surface area contributed by atoms with Gasteiger partial charge >= 0.3 is 5.97 Å². The number of nitrogens with one attached hydrogen (secondary N) is 1. The summed E-state index contributed by atoms with van der Waals surface area (Å²) < 4.78 is 6.78. The first-order chi connectivity index (χ1) is 17.2. The molecule has 2 aliphatic heterocycles. The molecule has 0 spiro atoms. The number of hydrogen-bond acceptors (Lipinski definition) is 7. The Labute approximate surface area is 206 Å². The van der Waals surface area contributed by atoms with Crippen LogP contribution >= 0.6 is 0 Å². The largest absolute Gasteiger partial charge is 0.458 e. The van der Waals surface area contributed by atoms with E-state index in [-0.39, 0.29) is 42.3 Å². The predicted octanol–water partition coefficient (Wildman–Crippen LogP) is 1.79. The van der Waals surface area contributed by atoms with Gasteiger partial charge in [-0.1, -0.05) is 6.92 Å². The fourth-order valence-electron chi connectivity index (χ4n) is 6.12. The molecule has 0 radical (unpaired) electrons. The van der Waals surface area contributed by atoms with Gasteiger partial charge in [0.05, 0.1) is 35.1 Å². The average Bonchev–Trinajstić information content (AvgIpc) is 3.24. The number of aryl methyl sites for hydroxylation is 2. The number of aromatic nitrogens is 2. The zero-order chi connectivity index (χ0) is 25.5. The molecule has 0 saturated carbocycles. The highest BCUT2D eigenvalue weighted by Gasteiger charge is 2.46. The Morgan fingerprint density at radius 1 is 1.25 bits per heavy atom. The van der Waals surface area contributed by atoms with Gasteiger partial charge in [0.25, 0.3) is 5.56 Å². The van der Waals surface area contributed by atoms with Crippen LogP contribution in [0.2, 0.25) is 0 Å². The maximum atomic E-state index is 13.6. The van der Waals surface area contributed by atoms with E-state index in [0.717, 1.165) is 34.0 Å². The lowest BCUT2D eigenvalue weighted by molar-refractivity contribution is -0.172. The van der Waals surface area contributed by atoms with E-state index in [9.17, 15) is 24.6 Å². The highest BCUT2D eigenvalue weighted by Crippen LogP contribution is 2.45. The molecule has 3 aromatic rings. The zero-order valence-electron chi connectivity index (χ0n) is 20.4. The van der Waals surface area contributed by atoms with E-state index in [0.29, 0.717) is 17.8 Å². The van der Waals surface area contributed by atoms with Crippen molar-refractivity contribution in [3.8, 4) is 11.4 Å². The number of aliphatic hydroxyl groups is 2. The summed E-state index contributed by atoms with van der Waals surface area (Å²) in [5.74, 6) is -1.22. The van der Waals surface area contributed by atoms with Gasteiger partial charge in [-0.3, -0.25) is 9.59 Å². The SMILES string of the molecule is CC[C@@]1(O)C(=O)OCc2c1cc1n(c2=O)Cc2c-1nc1cc(C)c(C)c3c1c2[C@@H](NC(=O)CO)CC3. The van der Waals surface area contributed by atoms with Gasteiger partial charge < -0.3 is 24.8 Å². The molecule has 0 saturated heterocycles. The average molecular weight is 490 g/mol. The number of benzene rings is 1.